The summed E-state index contributed by atoms with van der Waals surface area (Å²) >= 11 is 3.51. The van der Waals surface area contributed by atoms with E-state index < -0.39 is 0 Å². The minimum absolute atomic E-state index is 0.284. The van der Waals surface area contributed by atoms with Gasteiger partial charge in [0.2, 0.25) is 5.88 Å². The van der Waals surface area contributed by atoms with E-state index in [0.717, 1.165) is 41.0 Å². The minimum Gasteiger partial charge on any atom is -0.480 e. The molecular weight excluding hydrogens is 282 g/mol. The number of hydrogen-bond acceptors (Lipinski definition) is 7. The average Bonchev–Trinajstić information content (AvgIpc) is 2.81. The van der Waals surface area contributed by atoms with Gasteiger partial charge in [0.1, 0.15) is 0 Å². The van der Waals surface area contributed by atoms with Crippen LogP contribution in [-0.4, -0.2) is 56.0 Å². The number of aliphatic hydroxyl groups excluding tert-OH is 1. The third kappa shape index (κ3) is 5.99. The molecular formula is C12H23N3O2S2. The van der Waals surface area contributed by atoms with Crippen LogP contribution < -0.4 is 15.0 Å². The molecule has 1 rings (SSSR count). The Labute approximate surface area is 123 Å². The summed E-state index contributed by atoms with van der Waals surface area (Å²) in [4.78, 5) is 7.54. The number of hydrogen-bond donors (Lipinski definition) is 2. The van der Waals surface area contributed by atoms with Gasteiger partial charge in [-0.1, -0.05) is 11.3 Å². The number of nitrogens with zero attached hydrogens (tertiary/aromatic N) is 2. The van der Waals surface area contributed by atoms with E-state index in [0.29, 0.717) is 5.88 Å². The number of rotatable bonds is 10. The van der Waals surface area contributed by atoms with Crippen LogP contribution in [0.3, 0.4) is 0 Å². The van der Waals surface area contributed by atoms with Crippen molar-refractivity contribution < 1.29 is 9.84 Å². The molecule has 0 aliphatic heterocycles. The zero-order valence-electron chi connectivity index (χ0n) is 11.8. The smallest absolute Gasteiger partial charge is 0.230 e. The Balaban J connectivity index is 2.28. The maximum Gasteiger partial charge on any atom is 0.230 e. The fraction of sp³-hybridized carbons (Fsp3) is 0.750. The zero-order valence-corrected chi connectivity index (χ0v) is 13.4. The first kappa shape index (κ1) is 16.6. The first-order valence-corrected chi connectivity index (χ1v) is 8.26. The van der Waals surface area contributed by atoms with Crippen molar-refractivity contribution in [2.45, 2.75) is 13.0 Å². The monoisotopic (exact) mass is 305 g/mol. The molecule has 19 heavy (non-hydrogen) atoms. The molecule has 0 bridgehead atoms. The van der Waals surface area contributed by atoms with Crippen molar-refractivity contribution in [1.29, 1.82) is 0 Å². The van der Waals surface area contributed by atoms with Crippen molar-refractivity contribution in [2.75, 3.05) is 50.8 Å². The van der Waals surface area contributed by atoms with Crippen molar-refractivity contribution in [3.63, 3.8) is 0 Å². The standard InChI is InChI=1S/C12H23N3O2S2/c1-15(2)12-14-11(17-3)10(19-12)9-13-5-8-18-7-4-6-16/h13,16H,4-9H2,1-3H3. The summed E-state index contributed by atoms with van der Waals surface area (Å²) in [6.45, 7) is 2.02. The van der Waals surface area contributed by atoms with Gasteiger partial charge in [0.05, 0.1) is 12.0 Å². The van der Waals surface area contributed by atoms with E-state index in [9.17, 15) is 0 Å². The van der Waals surface area contributed by atoms with Gasteiger partial charge in [-0.3, -0.25) is 0 Å². The maximum atomic E-state index is 8.67. The normalized spacial score (nSPS) is 10.7. The number of ether oxygens (including phenoxy) is 1. The molecule has 0 unspecified atom stereocenters. The summed E-state index contributed by atoms with van der Waals surface area (Å²) < 4.78 is 5.29. The van der Waals surface area contributed by atoms with Gasteiger partial charge >= 0.3 is 0 Å². The fourth-order valence-electron chi connectivity index (χ4n) is 1.40. The highest BCUT2D eigenvalue weighted by atomic mass is 32.2. The third-order valence-electron chi connectivity index (χ3n) is 2.38. The molecule has 7 heteroatoms. The number of nitrogens with one attached hydrogen (secondary N) is 1. The van der Waals surface area contributed by atoms with E-state index in [1.807, 2.05) is 30.8 Å². The van der Waals surface area contributed by atoms with Gasteiger partial charge in [0, 0.05) is 39.5 Å². The van der Waals surface area contributed by atoms with Crippen LogP contribution in [0.4, 0.5) is 5.13 Å². The van der Waals surface area contributed by atoms with Crippen LogP contribution >= 0.6 is 23.1 Å². The largest absolute Gasteiger partial charge is 0.480 e. The summed E-state index contributed by atoms with van der Waals surface area (Å²) in [6.07, 6.45) is 0.875. The van der Waals surface area contributed by atoms with E-state index in [1.54, 1.807) is 18.4 Å². The fourth-order valence-corrected chi connectivity index (χ4v) is 3.15. The summed E-state index contributed by atoms with van der Waals surface area (Å²) in [6, 6.07) is 0. The first-order chi connectivity index (χ1) is 9.19. The summed E-state index contributed by atoms with van der Waals surface area (Å²) in [5.74, 6) is 2.79. The molecule has 2 N–H and O–H groups in total. The van der Waals surface area contributed by atoms with Gasteiger partial charge in [-0.2, -0.15) is 16.7 Å². The number of thiazole rings is 1. The van der Waals surface area contributed by atoms with Gasteiger partial charge in [0.25, 0.3) is 0 Å². The lowest BCUT2D eigenvalue weighted by molar-refractivity contribution is 0.296. The number of aliphatic hydroxyl groups is 1. The zero-order chi connectivity index (χ0) is 14.1. The highest BCUT2D eigenvalue weighted by Crippen LogP contribution is 2.30. The SMILES string of the molecule is COc1nc(N(C)C)sc1CNCCSCCCO. The molecule has 1 aromatic heterocycles. The van der Waals surface area contributed by atoms with Crippen molar-refractivity contribution >= 4 is 28.2 Å². The van der Waals surface area contributed by atoms with Crippen LogP contribution in [0.1, 0.15) is 11.3 Å². The Morgan fingerprint density at radius 1 is 1.42 bits per heavy atom. The summed E-state index contributed by atoms with van der Waals surface area (Å²) in [5.41, 5.74) is 0. The quantitative estimate of drug-likeness (QED) is 0.638. The second kappa shape index (κ2) is 9.41. The molecule has 1 aromatic rings. The number of thioether (sulfide) groups is 1. The van der Waals surface area contributed by atoms with E-state index in [4.69, 9.17) is 9.84 Å². The lowest BCUT2D eigenvalue weighted by Crippen LogP contribution is -2.16. The molecule has 0 saturated heterocycles. The Hall–Kier alpha value is -0.500. The van der Waals surface area contributed by atoms with Gasteiger partial charge in [-0.15, -0.1) is 0 Å². The Bertz CT molecular complexity index is 359. The summed E-state index contributed by atoms with van der Waals surface area (Å²) in [5, 5.41) is 13.0. The minimum atomic E-state index is 0.284. The lowest BCUT2D eigenvalue weighted by atomic mass is 10.5. The number of methoxy groups -OCH3 is 1. The topological polar surface area (TPSA) is 57.6 Å². The van der Waals surface area contributed by atoms with E-state index >= 15 is 0 Å². The molecule has 0 aromatic carbocycles. The van der Waals surface area contributed by atoms with E-state index in [2.05, 4.69) is 10.3 Å². The molecule has 0 spiro atoms. The van der Waals surface area contributed by atoms with Crippen LogP contribution in [0.25, 0.3) is 0 Å². The highest BCUT2D eigenvalue weighted by molar-refractivity contribution is 7.99. The molecule has 0 aliphatic rings. The van der Waals surface area contributed by atoms with Crippen molar-refractivity contribution in [3.8, 4) is 5.88 Å². The van der Waals surface area contributed by atoms with Gasteiger partial charge in [0.15, 0.2) is 5.13 Å². The molecule has 0 saturated carbocycles. The first-order valence-electron chi connectivity index (χ1n) is 6.29. The molecule has 110 valence electrons. The molecule has 1 heterocycles. The second-order valence-corrected chi connectivity index (χ2v) is 6.48. The van der Waals surface area contributed by atoms with Crippen LogP contribution in [0.15, 0.2) is 0 Å². The van der Waals surface area contributed by atoms with Crippen LogP contribution in [0, 0.1) is 0 Å². The van der Waals surface area contributed by atoms with Gasteiger partial charge in [-0.25, -0.2) is 0 Å². The predicted octanol–water partition coefficient (Wildman–Crippen LogP) is 1.42. The highest BCUT2D eigenvalue weighted by Gasteiger charge is 2.12. The molecule has 0 radical (unpaired) electrons. The van der Waals surface area contributed by atoms with Crippen LogP contribution in [0.2, 0.25) is 0 Å². The third-order valence-corrected chi connectivity index (χ3v) is 4.66. The van der Waals surface area contributed by atoms with E-state index in [-0.39, 0.29) is 6.61 Å². The second-order valence-electron chi connectivity index (χ2n) is 4.19. The Kier molecular flexibility index (Phi) is 8.20. The van der Waals surface area contributed by atoms with Crippen molar-refractivity contribution in [2.24, 2.45) is 0 Å². The van der Waals surface area contributed by atoms with Crippen LogP contribution in [-0.2, 0) is 6.54 Å². The molecule has 0 amide bonds. The van der Waals surface area contributed by atoms with Crippen LogP contribution in [0.5, 0.6) is 5.88 Å². The summed E-state index contributed by atoms with van der Waals surface area (Å²) in [7, 11) is 5.61. The van der Waals surface area contributed by atoms with Gasteiger partial charge < -0.3 is 20.1 Å². The Morgan fingerprint density at radius 2 is 2.21 bits per heavy atom. The lowest BCUT2D eigenvalue weighted by Gasteiger charge is -2.05. The van der Waals surface area contributed by atoms with E-state index in [1.165, 1.54) is 0 Å². The number of aromatic nitrogens is 1. The molecule has 0 aliphatic carbocycles. The molecule has 5 nitrogen and oxygen atoms in total. The number of anilines is 1. The predicted molar refractivity (Wildman–Crippen MR) is 83.7 cm³/mol. The molecule has 0 fully saturated rings. The average molecular weight is 305 g/mol. The maximum absolute atomic E-state index is 8.67. The Morgan fingerprint density at radius 3 is 2.84 bits per heavy atom. The van der Waals surface area contributed by atoms with Gasteiger partial charge in [-0.05, 0) is 12.2 Å². The molecule has 0 atom stereocenters. The van der Waals surface area contributed by atoms with Crippen molar-refractivity contribution in [1.82, 2.24) is 10.3 Å². The van der Waals surface area contributed by atoms with Crippen molar-refractivity contribution in [3.05, 3.63) is 4.88 Å².